The Labute approximate surface area is 128 Å². The van der Waals surface area contributed by atoms with Crippen molar-refractivity contribution in [3.8, 4) is 0 Å². The standard InChI is InChI=1S/C14H18ClN5O/c1-20(8-10-4-3-5-11(15)6-10)14-7-12(19-16)17-13(18-14)9-21-2/h3-7H,8-9,16H2,1-2H3,(H,17,18,19). The van der Waals surface area contributed by atoms with Crippen molar-refractivity contribution in [2.45, 2.75) is 13.2 Å². The third kappa shape index (κ3) is 4.29. The Hall–Kier alpha value is -1.89. The van der Waals surface area contributed by atoms with Gasteiger partial charge in [-0.25, -0.2) is 15.8 Å². The highest BCUT2D eigenvalue weighted by atomic mass is 35.5. The molecule has 0 aliphatic heterocycles. The Morgan fingerprint density at radius 3 is 2.81 bits per heavy atom. The van der Waals surface area contributed by atoms with Crippen LogP contribution < -0.4 is 16.2 Å². The molecule has 7 heteroatoms. The van der Waals surface area contributed by atoms with E-state index in [4.69, 9.17) is 22.2 Å². The molecule has 112 valence electrons. The molecule has 2 aromatic rings. The molecule has 0 bridgehead atoms. The zero-order valence-electron chi connectivity index (χ0n) is 12.0. The first-order valence-corrected chi connectivity index (χ1v) is 6.79. The van der Waals surface area contributed by atoms with E-state index >= 15 is 0 Å². The summed E-state index contributed by atoms with van der Waals surface area (Å²) in [6.45, 7) is 1.00. The van der Waals surface area contributed by atoms with Crippen LogP contribution in [0.3, 0.4) is 0 Å². The Kier molecular flexibility index (Phi) is 5.32. The number of ether oxygens (including phenoxy) is 1. The zero-order chi connectivity index (χ0) is 15.2. The van der Waals surface area contributed by atoms with Crippen LogP contribution in [-0.4, -0.2) is 24.1 Å². The first-order valence-electron chi connectivity index (χ1n) is 6.41. The summed E-state index contributed by atoms with van der Waals surface area (Å²) in [7, 11) is 3.54. The summed E-state index contributed by atoms with van der Waals surface area (Å²) in [5.41, 5.74) is 3.64. The summed E-state index contributed by atoms with van der Waals surface area (Å²) >= 11 is 6.00. The monoisotopic (exact) mass is 307 g/mol. The number of halogens is 1. The lowest BCUT2D eigenvalue weighted by atomic mass is 10.2. The lowest BCUT2D eigenvalue weighted by Crippen LogP contribution is -2.20. The van der Waals surface area contributed by atoms with Crippen molar-refractivity contribution in [2.24, 2.45) is 5.84 Å². The number of rotatable bonds is 6. The highest BCUT2D eigenvalue weighted by Gasteiger charge is 2.09. The Morgan fingerprint density at radius 1 is 1.33 bits per heavy atom. The summed E-state index contributed by atoms with van der Waals surface area (Å²) < 4.78 is 5.07. The van der Waals surface area contributed by atoms with Crippen molar-refractivity contribution < 1.29 is 4.74 Å². The molecule has 21 heavy (non-hydrogen) atoms. The van der Waals surface area contributed by atoms with Crippen LogP contribution in [0, 0.1) is 0 Å². The van der Waals surface area contributed by atoms with Gasteiger partial charge in [0, 0.05) is 31.8 Å². The minimum absolute atomic E-state index is 0.327. The van der Waals surface area contributed by atoms with Crippen LogP contribution in [0.2, 0.25) is 5.02 Å². The molecule has 0 saturated heterocycles. The molecule has 6 nitrogen and oxygen atoms in total. The summed E-state index contributed by atoms with van der Waals surface area (Å²) in [4.78, 5) is 10.7. The smallest absolute Gasteiger partial charge is 0.158 e. The van der Waals surface area contributed by atoms with Gasteiger partial charge in [0.25, 0.3) is 0 Å². The van der Waals surface area contributed by atoms with Gasteiger partial charge in [-0.3, -0.25) is 0 Å². The average Bonchev–Trinajstić information content (AvgIpc) is 2.47. The van der Waals surface area contributed by atoms with E-state index in [1.165, 1.54) is 0 Å². The third-order valence-electron chi connectivity index (χ3n) is 2.88. The van der Waals surface area contributed by atoms with Gasteiger partial charge < -0.3 is 15.1 Å². The van der Waals surface area contributed by atoms with Crippen LogP contribution in [-0.2, 0) is 17.9 Å². The van der Waals surface area contributed by atoms with E-state index in [2.05, 4.69) is 15.4 Å². The van der Waals surface area contributed by atoms with E-state index in [1.807, 2.05) is 36.2 Å². The molecular weight excluding hydrogens is 290 g/mol. The van der Waals surface area contributed by atoms with Crippen molar-refractivity contribution in [2.75, 3.05) is 24.5 Å². The molecule has 3 N–H and O–H groups in total. The molecule has 1 heterocycles. The lowest BCUT2D eigenvalue weighted by Gasteiger charge is -2.19. The molecule has 1 aromatic carbocycles. The minimum Gasteiger partial charge on any atom is -0.377 e. The van der Waals surface area contributed by atoms with E-state index in [-0.39, 0.29) is 0 Å². The van der Waals surface area contributed by atoms with Gasteiger partial charge in [-0.15, -0.1) is 0 Å². The van der Waals surface area contributed by atoms with Gasteiger partial charge in [-0.05, 0) is 17.7 Å². The highest BCUT2D eigenvalue weighted by molar-refractivity contribution is 6.30. The second kappa shape index (κ2) is 7.21. The number of hydrazine groups is 1. The number of nitrogen functional groups attached to an aromatic ring is 1. The highest BCUT2D eigenvalue weighted by Crippen LogP contribution is 2.18. The summed E-state index contributed by atoms with van der Waals surface area (Å²) in [6, 6.07) is 9.50. The van der Waals surface area contributed by atoms with Crippen LogP contribution in [0.15, 0.2) is 30.3 Å². The van der Waals surface area contributed by atoms with E-state index in [1.54, 1.807) is 13.2 Å². The van der Waals surface area contributed by atoms with Crippen LogP contribution in [0.25, 0.3) is 0 Å². The molecule has 1 aromatic heterocycles. The molecule has 0 aliphatic rings. The second-order valence-corrected chi connectivity index (χ2v) is 5.03. The first-order chi connectivity index (χ1) is 10.1. The van der Waals surface area contributed by atoms with Crippen molar-refractivity contribution in [1.29, 1.82) is 0 Å². The second-order valence-electron chi connectivity index (χ2n) is 4.59. The predicted octanol–water partition coefficient (Wildman–Crippen LogP) is 2.20. The van der Waals surface area contributed by atoms with Crippen LogP contribution in [0.4, 0.5) is 11.6 Å². The van der Waals surface area contributed by atoms with Gasteiger partial charge >= 0.3 is 0 Å². The lowest BCUT2D eigenvalue weighted by molar-refractivity contribution is 0.178. The van der Waals surface area contributed by atoms with Crippen molar-refractivity contribution in [1.82, 2.24) is 9.97 Å². The van der Waals surface area contributed by atoms with Crippen molar-refractivity contribution in [3.63, 3.8) is 0 Å². The van der Waals surface area contributed by atoms with Crippen molar-refractivity contribution in [3.05, 3.63) is 46.7 Å². The fraction of sp³-hybridized carbons (Fsp3) is 0.286. The number of nitrogens with one attached hydrogen (secondary N) is 1. The number of anilines is 2. The van der Waals surface area contributed by atoms with Gasteiger partial charge in [0.05, 0.1) is 0 Å². The van der Waals surface area contributed by atoms with Gasteiger partial charge in [0.1, 0.15) is 18.2 Å². The number of nitrogens with zero attached hydrogens (tertiary/aromatic N) is 3. The number of nitrogens with two attached hydrogens (primary N) is 1. The summed E-state index contributed by atoms with van der Waals surface area (Å²) in [5.74, 6) is 7.31. The Bertz CT molecular complexity index is 608. The van der Waals surface area contributed by atoms with E-state index in [0.29, 0.717) is 29.8 Å². The molecule has 0 atom stereocenters. The fourth-order valence-electron chi connectivity index (χ4n) is 1.94. The molecule has 0 aliphatic carbocycles. The van der Waals surface area contributed by atoms with Gasteiger partial charge in [0.15, 0.2) is 5.82 Å². The Morgan fingerprint density at radius 2 is 2.14 bits per heavy atom. The summed E-state index contributed by atoms with van der Waals surface area (Å²) in [5, 5.41) is 0.716. The normalized spacial score (nSPS) is 10.5. The van der Waals surface area contributed by atoms with Gasteiger partial charge in [-0.2, -0.15) is 0 Å². The maximum atomic E-state index is 6.00. The molecule has 0 radical (unpaired) electrons. The van der Waals surface area contributed by atoms with Crippen LogP contribution in [0.1, 0.15) is 11.4 Å². The van der Waals surface area contributed by atoms with Crippen molar-refractivity contribution >= 4 is 23.2 Å². The number of benzene rings is 1. The van der Waals surface area contributed by atoms with E-state index in [9.17, 15) is 0 Å². The van der Waals surface area contributed by atoms with Crippen LogP contribution in [0.5, 0.6) is 0 Å². The molecule has 0 fully saturated rings. The van der Waals surface area contributed by atoms with Crippen LogP contribution >= 0.6 is 11.6 Å². The van der Waals surface area contributed by atoms with E-state index in [0.717, 1.165) is 11.4 Å². The number of hydrogen-bond acceptors (Lipinski definition) is 6. The average molecular weight is 308 g/mol. The molecular formula is C14H18ClN5O. The predicted molar refractivity (Wildman–Crippen MR) is 84.1 cm³/mol. The molecule has 0 unspecified atom stereocenters. The molecule has 0 saturated carbocycles. The molecule has 0 spiro atoms. The van der Waals surface area contributed by atoms with Gasteiger partial charge in [0.2, 0.25) is 0 Å². The molecule has 2 rings (SSSR count). The van der Waals surface area contributed by atoms with E-state index < -0.39 is 0 Å². The largest absolute Gasteiger partial charge is 0.377 e. The maximum Gasteiger partial charge on any atom is 0.158 e. The zero-order valence-corrected chi connectivity index (χ0v) is 12.8. The minimum atomic E-state index is 0.327. The fourth-order valence-corrected chi connectivity index (χ4v) is 2.15. The molecule has 0 amide bonds. The third-order valence-corrected chi connectivity index (χ3v) is 3.12. The Balaban J connectivity index is 2.21. The number of hydrogen-bond donors (Lipinski definition) is 2. The number of aromatic nitrogens is 2. The number of methoxy groups -OCH3 is 1. The first kappa shape index (κ1) is 15.5. The SMILES string of the molecule is COCc1nc(NN)cc(N(C)Cc2cccc(Cl)c2)n1. The quantitative estimate of drug-likeness (QED) is 0.629. The maximum absolute atomic E-state index is 6.00. The summed E-state index contributed by atoms with van der Waals surface area (Å²) in [6.07, 6.45) is 0. The van der Waals surface area contributed by atoms with Gasteiger partial charge in [-0.1, -0.05) is 23.7 Å². The topological polar surface area (TPSA) is 76.3 Å².